The summed E-state index contributed by atoms with van der Waals surface area (Å²) >= 11 is 11.7. The van der Waals surface area contributed by atoms with Gasteiger partial charge in [-0.25, -0.2) is 8.42 Å². The molecule has 144 valence electrons. The zero-order valence-electron chi connectivity index (χ0n) is 14.5. The lowest BCUT2D eigenvalue weighted by Crippen LogP contribution is -2.35. The summed E-state index contributed by atoms with van der Waals surface area (Å²) in [4.78, 5) is 25.5. The fraction of sp³-hybridized carbons (Fsp3) is 0.222. The van der Waals surface area contributed by atoms with Crippen molar-refractivity contribution in [1.29, 1.82) is 0 Å². The number of carbonyl (C=O) groups is 2. The van der Waals surface area contributed by atoms with Gasteiger partial charge in [-0.1, -0.05) is 35.3 Å². The molecule has 0 spiro atoms. The number of benzene rings is 2. The maximum absolute atomic E-state index is 12.3. The van der Waals surface area contributed by atoms with E-state index in [0.29, 0.717) is 15.7 Å². The van der Waals surface area contributed by atoms with E-state index in [1.807, 2.05) is 0 Å². The fourth-order valence-corrected chi connectivity index (χ4v) is 3.77. The van der Waals surface area contributed by atoms with Gasteiger partial charge >= 0.3 is 0 Å². The van der Waals surface area contributed by atoms with Gasteiger partial charge < -0.3 is 10.2 Å². The number of nitrogens with zero attached hydrogens (tertiary/aromatic N) is 1. The topological polar surface area (TPSA) is 83.6 Å². The summed E-state index contributed by atoms with van der Waals surface area (Å²) in [5.41, 5.74) is 0.440. The van der Waals surface area contributed by atoms with E-state index in [0.717, 1.165) is 0 Å². The van der Waals surface area contributed by atoms with Crippen LogP contribution in [0.3, 0.4) is 0 Å². The summed E-state index contributed by atoms with van der Waals surface area (Å²) in [6, 6.07) is 12.5. The highest BCUT2D eigenvalue weighted by Gasteiger charge is 2.19. The van der Waals surface area contributed by atoms with Crippen LogP contribution in [-0.4, -0.2) is 44.5 Å². The fourth-order valence-electron chi connectivity index (χ4n) is 2.23. The molecule has 0 aliphatic heterocycles. The van der Waals surface area contributed by atoms with E-state index in [-0.39, 0.29) is 23.6 Å². The number of anilines is 1. The number of carbonyl (C=O) groups excluding carboxylic acids is 2. The molecule has 0 radical (unpaired) electrons. The summed E-state index contributed by atoms with van der Waals surface area (Å²) < 4.78 is 24.5. The number of para-hydroxylation sites is 1. The summed E-state index contributed by atoms with van der Waals surface area (Å²) in [7, 11) is -2.18. The summed E-state index contributed by atoms with van der Waals surface area (Å²) in [6.45, 7) is -0.217. The SMILES string of the molecule is CN(CC(=O)Nc1ccccc1Cl)C(=O)CCS(=O)(=O)c1ccc(Cl)cc1. The van der Waals surface area contributed by atoms with Gasteiger partial charge in [0.05, 0.1) is 27.9 Å². The number of hydrogen-bond acceptors (Lipinski definition) is 4. The molecular formula is C18H18Cl2N2O4S. The number of amides is 2. The molecule has 0 bridgehead atoms. The normalized spacial score (nSPS) is 11.1. The molecule has 2 aromatic rings. The number of sulfone groups is 1. The van der Waals surface area contributed by atoms with Crippen LogP contribution in [0.1, 0.15) is 6.42 Å². The second kappa shape index (κ2) is 9.21. The second-order valence-electron chi connectivity index (χ2n) is 5.80. The van der Waals surface area contributed by atoms with E-state index in [1.165, 1.54) is 36.2 Å². The van der Waals surface area contributed by atoms with Crippen molar-refractivity contribution in [1.82, 2.24) is 4.90 Å². The lowest BCUT2D eigenvalue weighted by atomic mass is 10.3. The summed E-state index contributed by atoms with van der Waals surface area (Å²) in [5, 5.41) is 3.41. The van der Waals surface area contributed by atoms with E-state index in [2.05, 4.69) is 5.32 Å². The van der Waals surface area contributed by atoms with Gasteiger partial charge in [0, 0.05) is 18.5 Å². The van der Waals surface area contributed by atoms with Crippen molar-refractivity contribution in [2.45, 2.75) is 11.3 Å². The molecule has 0 fully saturated rings. The van der Waals surface area contributed by atoms with Crippen molar-refractivity contribution in [2.24, 2.45) is 0 Å². The zero-order chi connectivity index (χ0) is 20.0. The van der Waals surface area contributed by atoms with Crippen LogP contribution >= 0.6 is 23.2 Å². The molecule has 2 amide bonds. The summed E-state index contributed by atoms with van der Waals surface area (Å²) in [5.74, 6) is -1.24. The van der Waals surface area contributed by atoms with Crippen molar-refractivity contribution >= 4 is 50.5 Å². The van der Waals surface area contributed by atoms with Crippen LogP contribution in [0.5, 0.6) is 0 Å². The van der Waals surface area contributed by atoms with Crippen LogP contribution in [0.4, 0.5) is 5.69 Å². The van der Waals surface area contributed by atoms with Crippen molar-refractivity contribution in [3.8, 4) is 0 Å². The average Bonchev–Trinajstić information content (AvgIpc) is 2.62. The van der Waals surface area contributed by atoms with Gasteiger partial charge in [0.1, 0.15) is 0 Å². The number of rotatable bonds is 7. The molecular weight excluding hydrogens is 411 g/mol. The molecule has 2 aromatic carbocycles. The van der Waals surface area contributed by atoms with Crippen molar-refractivity contribution in [2.75, 3.05) is 24.7 Å². The molecule has 0 unspecified atom stereocenters. The molecule has 0 saturated carbocycles. The first kappa shape index (κ1) is 21.2. The smallest absolute Gasteiger partial charge is 0.244 e. The Morgan fingerprint density at radius 1 is 1.04 bits per heavy atom. The number of halogens is 2. The number of likely N-dealkylation sites (N-methyl/N-ethyl adjacent to an activating group) is 1. The molecule has 9 heteroatoms. The molecule has 0 aliphatic rings. The molecule has 27 heavy (non-hydrogen) atoms. The first-order valence-electron chi connectivity index (χ1n) is 7.96. The monoisotopic (exact) mass is 428 g/mol. The number of nitrogens with one attached hydrogen (secondary N) is 1. The Labute approximate surface area is 168 Å². The maximum atomic E-state index is 12.3. The third-order valence-electron chi connectivity index (χ3n) is 3.71. The molecule has 6 nitrogen and oxygen atoms in total. The van der Waals surface area contributed by atoms with Gasteiger partial charge in [-0.3, -0.25) is 9.59 Å². The lowest BCUT2D eigenvalue weighted by Gasteiger charge is -2.17. The van der Waals surface area contributed by atoms with E-state index in [1.54, 1.807) is 24.3 Å². The predicted molar refractivity (Wildman–Crippen MR) is 106 cm³/mol. The summed E-state index contributed by atoms with van der Waals surface area (Å²) in [6.07, 6.45) is -0.235. The maximum Gasteiger partial charge on any atom is 0.244 e. The Bertz CT molecular complexity index is 931. The second-order valence-corrected chi connectivity index (χ2v) is 8.75. The van der Waals surface area contributed by atoms with Gasteiger partial charge in [-0.05, 0) is 36.4 Å². The third kappa shape index (κ3) is 6.23. The van der Waals surface area contributed by atoms with Crippen LogP contribution in [0.15, 0.2) is 53.4 Å². The molecule has 0 aliphatic carbocycles. The highest BCUT2D eigenvalue weighted by molar-refractivity contribution is 7.91. The molecule has 0 saturated heterocycles. The molecule has 2 rings (SSSR count). The van der Waals surface area contributed by atoms with Crippen LogP contribution in [0.2, 0.25) is 10.0 Å². The molecule has 1 N–H and O–H groups in total. The van der Waals surface area contributed by atoms with Gasteiger partial charge in [-0.15, -0.1) is 0 Å². The first-order chi connectivity index (χ1) is 12.7. The highest BCUT2D eigenvalue weighted by atomic mass is 35.5. The minimum atomic E-state index is -3.61. The minimum absolute atomic E-state index is 0.0961. The van der Waals surface area contributed by atoms with Crippen LogP contribution in [0.25, 0.3) is 0 Å². The Morgan fingerprint density at radius 3 is 2.30 bits per heavy atom. The molecule has 0 heterocycles. The van der Waals surface area contributed by atoms with Crippen molar-refractivity contribution in [3.63, 3.8) is 0 Å². The van der Waals surface area contributed by atoms with Crippen LogP contribution in [-0.2, 0) is 19.4 Å². The lowest BCUT2D eigenvalue weighted by molar-refractivity contribution is -0.132. The Balaban J connectivity index is 1.88. The van der Waals surface area contributed by atoms with E-state index < -0.39 is 21.7 Å². The zero-order valence-corrected chi connectivity index (χ0v) is 16.8. The standard InChI is InChI=1S/C18H18Cl2N2O4S/c1-22(12-17(23)21-16-5-3-2-4-15(16)20)18(24)10-11-27(25,26)14-8-6-13(19)7-9-14/h2-9H,10-12H2,1H3,(H,21,23). The van der Waals surface area contributed by atoms with Gasteiger partial charge in [0.25, 0.3) is 0 Å². The average molecular weight is 429 g/mol. The predicted octanol–water partition coefficient (Wildman–Crippen LogP) is 3.25. The van der Waals surface area contributed by atoms with Crippen LogP contribution < -0.4 is 5.32 Å². The van der Waals surface area contributed by atoms with Crippen molar-refractivity contribution in [3.05, 3.63) is 58.6 Å². The highest BCUT2D eigenvalue weighted by Crippen LogP contribution is 2.20. The number of hydrogen-bond donors (Lipinski definition) is 1. The van der Waals surface area contributed by atoms with E-state index in [9.17, 15) is 18.0 Å². The first-order valence-corrected chi connectivity index (χ1v) is 10.4. The largest absolute Gasteiger partial charge is 0.336 e. The Kier molecular flexibility index (Phi) is 7.24. The Morgan fingerprint density at radius 2 is 1.67 bits per heavy atom. The third-order valence-corrected chi connectivity index (χ3v) is 6.03. The van der Waals surface area contributed by atoms with E-state index in [4.69, 9.17) is 23.2 Å². The Hall–Kier alpha value is -2.09. The molecule has 0 atom stereocenters. The van der Waals surface area contributed by atoms with Gasteiger partial charge in [0.2, 0.25) is 11.8 Å². The molecule has 0 aromatic heterocycles. The van der Waals surface area contributed by atoms with Crippen molar-refractivity contribution < 1.29 is 18.0 Å². The minimum Gasteiger partial charge on any atom is -0.336 e. The van der Waals surface area contributed by atoms with Gasteiger partial charge in [0.15, 0.2) is 9.84 Å². The van der Waals surface area contributed by atoms with Crippen LogP contribution in [0, 0.1) is 0 Å². The van der Waals surface area contributed by atoms with E-state index >= 15 is 0 Å². The van der Waals surface area contributed by atoms with Gasteiger partial charge in [-0.2, -0.15) is 0 Å². The quantitative estimate of drug-likeness (QED) is 0.733.